The number of anilines is 3. The number of nitrogens with zero attached hydrogens (tertiary/aromatic N) is 2. The van der Waals surface area contributed by atoms with Crippen molar-refractivity contribution in [2.24, 2.45) is 0 Å². The van der Waals surface area contributed by atoms with Crippen LogP contribution in [0.3, 0.4) is 0 Å². The number of aromatic nitrogens is 2. The largest absolute Gasteiger partial charge is 0.478 e. The van der Waals surface area contributed by atoms with Gasteiger partial charge in [0.25, 0.3) is 5.91 Å². The van der Waals surface area contributed by atoms with Gasteiger partial charge in [0.2, 0.25) is 5.95 Å². The Hall–Kier alpha value is -3.68. The van der Waals surface area contributed by atoms with Gasteiger partial charge in [0, 0.05) is 30.5 Å². The fourth-order valence-corrected chi connectivity index (χ4v) is 2.78. The molecule has 1 amide bonds. The highest BCUT2D eigenvalue weighted by molar-refractivity contribution is 5.80. The van der Waals surface area contributed by atoms with Gasteiger partial charge in [-0.3, -0.25) is 4.79 Å². The van der Waals surface area contributed by atoms with E-state index < -0.39 is 11.9 Å². The van der Waals surface area contributed by atoms with Gasteiger partial charge >= 0.3 is 0 Å². The van der Waals surface area contributed by atoms with Crippen LogP contribution in [-0.4, -0.2) is 35.1 Å². The molecule has 0 radical (unpaired) electrons. The topological polar surface area (TPSA) is 88.2 Å². The summed E-state index contributed by atoms with van der Waals surface area (Å²) in [6.45, 7) is 6.25. The van der Waals surface area contributed by atoms with Crippen LogP contribution in [0.25, 0.3) is 0 Å². The van der Waals surface area contributed by atoms with E-state index in [0.29, 0.717) is 24.9 Å². The Balaban J connectivity index is 1.47. The van der Waals surface area contributed by atoms with Gasteiger partial charge in [0.15, 0.2) is 17.7 Å². The molecule has 162 valence electrons. The van der Waals surface area contributed by atoms with E-state index in [2.05, 4.69) is 25.9 Å². The lowest BCUT2D eigenvalue weighted by molar-refractivity contribution is -0.127. The van der Waals surface area contributed by atoms with Crippen molar-refractivity contribution in [2.45, 2.75) is 26.9 Å². The van der Waals surface area contributed by atoms with Crippen LogP contribution in [0, 0.1) is 19.7 Å². The molecule has 0 saturated carbocycles. The van der Waals surface area contributed by atoms with Gasteiger partial charge in [-0.15, -0.1) is 0 Å². The van der Waals surface area contributed by atoms with Crippen molar-refractivity contribution in [3.63, 3.8) is 0 Å². The number of para-hydroxylation sites is 1. The molecule has 3 rings (SSSR count). The number of nitrogens with one attached hydrogen (secondary N) is 3. The van der Waals surface area contributed by atoms with Gasteiger partial charge in [-0.25, -0.2) is 9.37 Å². The van der Waals surface area contributed by atoms with Crippen molar-refractivity contribution in [1.82, 2.24) is 15.3 Å². The number of hydrogen-bond donors (Lipinski definition) is 3. The molecule has 8 heteroatoms. The number of rotatable bonds is 9. The number of aryl methyl sites for hydroxylation is 2. The normalized spacial score (nSPS) is 11.5. The Morgan fingerprint density at radius 2 is 1.81 bits per heavy atom. The maximum atomic E-state index is 13.6. The molecule has 31 heavy (non-hydrogen) atoms. The zero-order valence-corrected chi connectivity index (χ0v) is 17.8. The Morgan fingerprint density at radius 3 is 2.55 bits per heavy atom. The number of hydrogen-bond acceptors (Lipinski definition) is 6. The third kappa shape index (κ3) is 6.67. The smallest absolute Gasteiger partial charge is 0.260 e. The summed E-state index contributed by atoms with van der Waals surface area (Å²) in [7, 11) is 0. The summed E-state index contributed by atoms with van der Waals surface area (Å²) in [5.41, 5.74) is 2.93. The number of carbonyl (C=O) groups is 1. The van der Waals surface area contributed by atoms with E-state index in [9.17, 15) is 9.18 Å². The Kier molecular flexibility index (Phi) is 7.37. The second-order valence-corrected chi connectivity index (χ2v) is 7.12. The highest BCUT2D eigenvalue weighted by Crippen LogP contribution is 2.18. The first-order valence-corrected chi connectivity index (χ1v) is 10.0. The van der Waals surface area contributed by atoms with Crippen LogP contribution in [-0.2, 0) is 4.79 Å². The fraction of sp³-hybridized carbons (Fsp3) is 0.261. The van der Waals surface area contributed by atoms with E-state index >= 15 is 0 Å². The van der Waals surface area contributed by atoms with Crippen LogP contribution in [0.15, 0.2) is 54.6 Å². The van der Waals surface area contributed by atoms with E-state index in [1.165, 1.54) is 17.7 Å². The van der Waals surface area contributed by atoms with Gasteiger partial charge in [0.1, 0.15) is 5.82 Å². The summed E-state index contributed by atoms with van der Waals surface area (Å²) in [4.78, 5) is 21.0. The van der Waals surface area contributed by atoms with Crippen LogP contribution in [0.2, 0.25) is 0 Å². The van der Waals surface area contributed by atoms with Crippen LogP contribution in [0.4, 0.5) is 21.8 Å². The van der Waals surface area contributed by atoms with Crippen LogP contribution in [0.5, 0.6) is 5.75 Å². The summed E-state index contributed by atoms with van der Waals surface area (Å²) >= 11 is 0. The molecular formula is C23H26FN5O2. The molecule has 0 aliphatic rings. The first kappa shape index (κ1) is 22.0. The summed E-state index contributed by atoms with van der Waals surface area (Å²) < 4.78 is 19.0. The third-order valence-electron chi connectivity index (χ3n) is 4.40. The van der Waals surface area contributed by atoms with Gasteiger partial charge < -0.3 is 20.7 Å². The molecule has 1 atom stereocenters. The van der Waals surface area contributed by atoms with Crippen LogP contribution >= 0.6 is 0 Å². The predicted molar refractivity (Wildman–Crippen MR) is 119 cm³/mol. The maximum absolute atomic E-state index is 13.6. The molecular weight excluding hydrogens is 397 g/mol. The molecule has 0 bridgehead atoms. The van der Waals surface area contributed by atoms with Crippen molar-refractivity contribution in [3.8, 4) is 5.75 Å². The first-order chi connectivity index (χ1) is 14.9. The average Bonchev–Trinajstić information content (AvgIpc) is 2.74. The second kappa shape index (κ2) is 10.4. The Morgan fingerprint density at radius 1 is 1.06 bits per heavy atom. The Bertz CT molecular complexity index is 1030. The molecule has 0 aliphatic carbocycles. The molecule has 7 nitrogen and oxygen atoms in total. The number of halogens is 1. The van der Waals surface area contributed by atoms with Gasteiger partial charge in [-0.1, -0.05) is 29.8 Å². The van der Waals surface area contributed by atoms with E-state index in [1.807, 2.05) is 44.2 Å². The summed E-state index contributed by atoms with van der Waals surface area (Å²) in [5.74, 6) is 0.340. The number of ether oxygens (including phenoxy) is 1. The van der Waals surface area contributed by atoms with Crippen molar-refractivity contribution in [1.29, 1.82) is 0 Å². The summed E-state index contributed by atoms with van der Waals surface area (Å²) in [6, 6.07) is 15.9. The second-order valence-electron chi connectivity index (χ2n) is 7.12. The van der Waals surface area contributed by atoms with E-state index in [0.717, 1.165) is 11.4 Å². The molecule has 3 aromatic rings. The van der Waals surface area contributed by atoms with Crippen molar-refractivity contribution in [2.75, 3.05) is 23.7 Å². The van der Waals surface area contributed by atoms with Crippen molar-refractivity contribution in [3.05, 3.63) is 71.7 Å². The van der Waals surface area contributed by atoms with Crippen molar-refractivity contribution >= 4 is 23.4 Å². The zero-order chi connectivity index (χ0) is 22.2. The lowest BCUT2D eigenvalue weighted by atomic mass is 10.2. The van der Waals surface area contributed by atoms with Gasteiger partial charge in [0.05, 0.1) is 0 Å². The molecule has 1 heterocycles. The molecule has 0 spiro atoms. The number of carbonyl (C=O) groups excluding carboxylic acids is 1. The standard InChI is InChI=1S/C23H26FN5O2/c1-15-8-10-18(11-9-15)28-21-14-16(2)27-23(29-21)26-13-12-25-22(30)17(3)31-20-7-5-4-6-19(20)24/h4-11,14,17H,12-13H2,1-3H3,(H,25,30)(H2,26,27,28,29). The monoisotopic (exact) mass is 423 g/mol. The lowest BCUT2D eigenvalue weighted by Gasteiger charge is -2.15. The minimum atomic E-state index is -0.822. The SMILES string of the molecule is Cc1ccc(Nc2cc(C)nc(NCCNC(=O)C(C)Oc3ccccc3F)n2)cc1. The molecule has 0 aliphatic heterocycles. The van der Waals surface area contributed by atoms with E-state index in [1.54, 1.807) is 19.1 Å². The Labute approximate surface area is 181 Å². The molecule has 1 aromatic heterocycles. The third-order valence-corrected chi connectivity index (χ3v) is 4.40. The maximum Gasteiger partial charge on any atom is 0.260 e. The molecule has 3 N–H and O–H groups in total. The van der Waals surface area contributed by atoms with E-state index in [-0.39, 0.29) is 11.7 Å². The minimum absolute atomic E-state index is 0.0463. The highest BCUT2D eigenvalue weighted by atomic mass is 19.1. The van der Waals surface area contributed by atoms with E-state index in [4.69, 9.17) is 4.74 Å². The fourth-order valence-electron chi connectivity index (χ4n) is 2.78. The molecule has 2 aromatic carbocycles. The zero-order valence-electron chi connectivity index (χ0n) is 17.8. The average molecular weight is 423 g/mol. The molecule has 1 unspecified atom stereocenters. The predicted octanol–water partition coefficient (Wildman–Crippen LogP) is 3.97. The minimum Gasteiger partial charge on any atom is -0.478 e. The number of amides is 1. The van der Waals surface area contributed by atoms with Gasteiger partial charge in [-0.05, 0) is 45.0 Å². The van der Waals surface area contributed by atoms with Crippen LogP contribution < -0.4 is 20.7 Å². The quantitative estimate of drug-likeness (QED) is 0.452. The lowest BCUT2D eigenvalue weighted by Crippen LogP contribution is -2.38. The highest BCUT2D eigenvalue weighted by Gasteiger charge is 2.15. The summed E-state index contributed by atoms with van der Waals surface area (Å²) in [6.07, 6.45) is -0.822. The summed E-state index contributed by atoms with van der Waals surface area (Å²) in [5, 5.41) is 9.10. The molecule has 0 fully saturated rings. The number of benzene rings is 2. The van der Waals surface area contributed by atoms with Gasteiger partial charge in [-0.2, -0.15) is 4.98 Å². The van der Waals surface area contributed by atoms with Crippen LogP contribution in [0.1, 0.15) is 18.2 Å². The molecule has 0 saturated heterocycles. The van der Waals surface area contributed by atoms with Crippen molar-refractivity contribution < 1.29 is 13.9 Å². The first-order valence-electron chi connectivity index (χ1n) is 10.0.